The minimum Gasteiger partial charge on any atom is -0.353 e. The van der Waals surface area contributed by atoms with Gasteiger partial charge in [0.15, 0.2) is 5.82 Å². The molecule has 0 aliphatic rings. The zero-order valence-electron chi connectivity index (χ0n) is 7.88. The van der Waals surface area contributed by atoms with Gasteiger partial charge in [0.25, 0.3) is 0 Å². The van der Waals surface area contributed by atoms with Crippen LogP contribution < -0.4 is 5.32 Å². The molecule has 5 nitrogen and oxygen atoms in total. The van der Waals surface area contributed by atoms with Gasteiger partial charge in [0.05, 0.1) is 0 Å². The van der Waals surface area contributed by atoms with Gasteiger partial charge in [-0.3, -0.25) is 0 Å². The number of aromatic nitrogens is 4. The fourth-order valence-electron chi connectivity index (χ4n) is 1.10. The van der Waals surface area contributed by atoms with Crippen molar-refractivity contribution in [2.24, 2.45) is 0 Å². The fraction of sp³-hybridized carbons (Fsp3) is 0.222. The molecule has 0 saturated carbocycles. The first kappa shape index (κ1) is 8.68. The van der Waals surface area contributed by atoms with Gasteiger partial charge in [-0.25, -0.2) is 14.6 Å². The minimum atomic E-state index is 0.623. The van der Waals surface area contributed by atoms with E-state index in [0.29, 0.717) is 5.95 Å². The molecule has 72 valence electrons. The molecule has 1 N–H and O–H groups in total. The van der Waals surface area contributed by atoms with E-state index in [1.807, 2.05) is 25.1 Å². The summed E-state index contributed by atoms with van der Waals surface area (Å²) in [6.45, 7) is 2.81. The lowest BCUT2D eigenvalue weighted by Gasteiger charge is -1.97. The largest absolute Gasteiger partial charge is 0.353 e. The summed E-state index contributed by atoms with van der Waals surface area (Å²) in [7, 11) is 0. The van der Waals surface area contributed by atoms with Crippen molar-refractivity contribution in [2.75, 3.05) is 11.9 Å². The Hall–Kier alpha value is -1.91. The molecule has 2 rings (SSSR count). The molecule has 0 bridgehead atoms. The van der Waals surface area contributed by atoms with Crippen LogP contribution in [0.25, 0.3) is 5.82 Å². The second-order valence-corrected chi connectivity index (χ2v) is 2.73. The van der Waals surface area contributed by atoms with Crippen LogP contribution in [0.3, 0.4) is 0 Å². The van der Waals surface area contributed by atoms with E-state index in [2.05, 4.69) is 20.4 Å². The molecule has 0 amide bonds. The van der Waals surface area contributed by atoms with Gasteiger partial charge >= 0.3 is 0 Å². The molecule has 0 aromatic carbocycles. The smallest absolute Gasteiger partial charge is 0.242 e. The highest BCUT2D eigenvalue weighted by Crippen LogP contribution is 2.02. The highest BCUT2D eigenvalue weighted by atomic mass is 15.4. The minimum absolute atomic E-state index is 0.623. The Kier molecular flexibility index (Phi) is 2.40. The van der Waals surface area contributed by atoms with E-state index in [0.717, 1.165) is 12.4 Å². The van der Waals surface area contributed by atoms with Crippen molar-refractivity contribution < 1.29 is 0 Å². The SMILES string of the molecule is CCNc1ncn(-c2ccccn2)n1. The standard InChI is InChI=1S/C9H11N5/c1-2-10-9-12-7-14(13-9)8-5-3-4-6-11-8/h3-7H,2H2,1H3,(H,10,13). The number of nitrogens with one attached hydrogen (secondary N) is 1. The number of anilines is 1. The second-order valence-electron chi connectivity index (χ2n) is 2.73. The molecule has 0 radical (unpaired) electrons. The fourth-order valence-corrected chi connectivity index (χ4v) is 1.10. The normalized spacial score (nSPS) is 10.1. The van der Waals surface area contributed by atoms with Crippen LogP contribution in [-0.2, 0) is 0 Å². The Morgan fingerprint density at radius 2 is 2.29 bits per heavy atom. The van der Waals surface area contributed by atoms with Crippen molar-refractivity contribution >= 4 is 5.95 Å². The van der Waals surface area contributed by atoms with Crippen LogP contribution >= 0.6 is 0 Å². The summed E-state index contributed by atoms with van der Waals surface area (Å²) in [5.41, 5.74) is 0. The van der Waals surface area contributed by atoms with Gasteiger partial charge in [-0.15, -0.1) is 5.10 Å². The van der Waals surface area contributed by atoms with Crippen LogP contribution in [0.1, 0.15) is 6.92 Å². The van der Waals surface area contributed by atoms with E-state index in [-0.39, 0.29) is 0 Å². The monoisotopic (exact) mass is 189 g/mol. The number of pyridine rings is 1. The molecule has 0 fully saturated rings. The average molecular weight is 189 g/mol. The Morgan fingerprint density at radius 3 is 3.00 bits per heavy atom. The summed E-state index contributed by atoms with van der Waals surface area (Å²) in [5.74, 6) is 1.39. The molecule has 0 saturated heterocycles. The Balaban J connectivity index is 2.25. The summed E-state index contributed by atoms with van der Waals surface area (Å²) in [4.78, 5) is 8.24. The maximum absolute atomic E-state index is 4.20. The molecule has 2 heterocycles. The predicted molar refractivity (Wildman–Crippen MR) is 53.3 cm³/mol. The third-order valence-corrected chi connectivity index (χ3v) is 1.71. The molecule has 0 aliphatic heterocycles. The first-order chi connectivity index (χ1) is 6.90. The molecule has 2 aromatic rings. The van der Waals surface area contributed by atoms with Crippen molar-refractivity contribution in [3.63, 3.8) is 0 Å². The van der Waals surface area contributed by atoms with E-state index >= 15 is 0 Å². The van der Waals surface area contributed by atoms with E-state index in [9.17, 15) is 0 Å². The summed E-state index contributed by atoms with van der Waals surface area (Å²) < 4.78 is 1.64. The number of hydrogen-bond donors (Lipinski definition) is 1. The van der Waals surface area contributed by atoms with Crippen LogP contribution in [0.4, 0.5) is 5.95 Å². The number of rotatable bonds is 3. The van der Waals surface area contributed by atoms with Crippen molar-refractivity contribution in [1.29, 1.82) is 0 Å². The Morgan fingerprint density at radius 1 is 1.36 bits per heavy atom. The van der Waals surface area contributed by atoms with Crippen molar-refractivity contribution in [1.82, 2.24) is 19.7 Å². The molecule has 5 heteroatoms. The molecule has 14 heavy (non-hydrogen) atoms. The topological polar surface area (TPSA) is 55.6 Å². The number of nitrogens with zero attached hydrogens (tertiary/aromatic N) is 4. The summed E-state index contributed by atoms with van der Waals surface area (Å²) in [5, 5.41) is 7.23. The zero-order valence-corrected chi connectivity index (χ0v) is 7.88. The molecule has 0 atom stereocenters. The van der Waals surface area contributed by atoms with Gasteiger partial charge in [-0.2, -0.15) is 0 Å². The van der Waals surface area contributed by atoms with Gasteiger partial charge < -0.3 is 5.32 Å². The summed E-state index contributed by atoms with van der Waals surface area (Å²) in [6, 6.07) is 5.66. The molecule has 2 aromatic heterocycles. The molecule has 0 spiro atoms. The summed E-state index contributed by atoms with van der Waals surface area (Å²) >= 11 is 0. The van der Waals surface area contributed by atoms with Crippen molar-refractivity contribution in [2.45, 2.75) is 6.92 Å². The van der Waals surface area contributed by atoms with E-state index in [1.54, 1.807) is 17.2 Å². The molecule has 0 aliphatic carbocycles. The van der Waals surface area contributed by atoms with Gasteiger partial charge in [0.1, 0.15) is 6.33 Å². The lowest BCUT2D eigenvalue weighted by Crippen LogP contribution is -2.01. The van der Waals surface area contributed by atoms with E-state index in [4.69, 9.17) is 0 Å². The Labute approximate surface area is 81.8 Å². The van der Waals surface area contributed by atoms with Crippen molar-refractivity contribution in [3.8, 4) is 5.82 Å². The molecule has 0 unspecified atom stereocenters. The predicted octanol–water partition coefficient (Wildman–Crippen LogP) is 1.09. The maximum atomic E-state index is 4.20. The van der Waals surface area contributed by atoms with Crippen LogP contribution in [0, 0.1) is 0 Å². The third kappa shape index (κ3) is 1.71. The van der Waals surface area contributed by atoms with E-state index in [1.165, 1.54) is 0 Å². The third-order valence-electron chi connectivity index (χ3n) is 1.71. The molecular weight excluding hydrogens is 178 g/mol. The quantitative estimate of drug-likeness (QED) is 0.785. The zero-order chi connectivity index (χ0) is 9.80. The lowest BCUT2D eigenvalue weighted by atomic mass is 10.5. The highest BCUT2D eigenvalue weighted by Gasteiger charge is 2.00. The van der Waals surface area contributed by atoms with Gasteiger partial charge in [0, 0.05) is 12.7 Å². The van der Waals surface area contributed by atoms with Crippen LogP contribution in [-0.4, -0.2) is 26.3 Å². The Bertz CT molecular complexity index is 395. The van der Waals surface area contributed by atoms with Crippen molar-refractivity contribution in [3.05, 3.63) is 30.7 Å². The second kappa shape index (κ2) is 3.87. The van der Waals surface area contributed by atoms with Crippen LogP contribution in [0.5, 0.6) is 0 Å². The van der Waals surface area contributed by atoms with Gasteiger partial charge in [-0.1, -0.05) is 6.07 Å². The average Bonchev–Trinajstić information content (AvgIpc) is 2.68. The van der Waals surface area contributed by atoms with Crippen LogP contribution in [0.2, 0.25) is 0 Å². The first-order valence-electron chi connectivity index (χ1n) is 4.47. The summed E-state index contributed by atoms with van der Waals surface area (Å²) in [6.07, 6.45) is 3.37. The highest BCUT2D eigenvalue weighted by molar-refractivity contribution is 5.25. The van der Waals surface area contributed by atoms with Gasteiger partial charge in [-0.05, 0) is 19.1 Å². The van der Waals surface area contributed by atoms with E-state index < -0.39 is 0 Å². The number of hydrogen-bond acceptors (Lipinski definition) is 4. The lowest BCUT2D eigenvalue weighted by molar-refractivity contribution is 0.845. The van der Waals surface area contributed by atoms with Crippen LogP contribution in [0.15, 0.2) is 30.7 Å². The first-order valence-corrected chi connectivity index (χ1v) is 4.47. The maximum Gasteiger partial charge on any atom is 0.242 e. The van der Waals surface area contributed by atoms with Gasteiger partial charge in [0.2, 0.25) is 5.95 Å². The molecular formula is C9H11N5.